The number of hydrogen-bond donors (Lipinski definition) is 1. The Hall–Kier alpha value is -3.42. The molecule has 0 radical (unpaired) electrons. The van der Waals surface area contributed by atoms with Gasteiger partial charge in [0.1, 0.15) is 0 Å². The molecular formula is C26H35N5O3. The summed E-state index contributed by atoms with van der Waals surface area (Å²) in [6.45, 7) is 14.5. The summed E-state index contributed by atoms with van der Waals surface area (Å²) in [5.74, 6) is 2.20. The minimum atomic E-state index is -0.195. The molecule has 8 nitrogen and oxygen atoms in total. The Morgan fingerprint density at radius 3 is 2.32 bits per heavy atom. The van der Waals surface area contributed by atoms with E-state index in [1.54, 1.807) is 11.8 Å². The van der Waals surface area contributed by atoms with Crippen LogP contribution in [0.25, 0.3) is 5.95 Å². The Balaban J connectivity index is 1.73. The summed E-state index contributed by atoms with van der Waals surface area (Å²) in [5.41, 5.74) is 5.21. The van der Waals surface area contributed by atoms with Crippen LogP contribution in [0.4, 0.5) is 0 Å². The maximum absolute atomic E-state index is 12.9. The number of amides is 1. The Morgan fingerprint density at radius 1 is 1.03 bits per heavy atom. The zero-order valence-corrected chi connectivity index (χ0v) is 21.4. The van der Waals surface area contributed by atoms with Crippen LogP contribution in [0.2, 0.25) is 0 Å². The summed E-state index contributed by atoms with van der Waals surface area (Å²) in [6, 6.07) is 7.48. The third kappa shape index (κ3) is 5.92. The molecule has 1 amide bonds. The molecule has 0 fully saturated rings. The number of ether oxygens (including phenoxy) is 2. The summed E-state index contributed by atoms with van der Waals surface area (Å²) in [4.78, 5) is 21.9. The van der Waals surface area contributed by atoms with E-state index in [1.807, 2.05) is 58.9 Å². The lowest BCUT2D eigenvalue weighted by molar-refractivity contribution is -0.121. The Bertz CT molecular complexity index is 1150. The zero-order valence-electron chi connectivity index (χ0n) is 21.4. The summed E-state index contributed by atoms with van der Waals surface area (Å²) in [6.07, 6.45) is 0.222. The molecule has 182 valence electrons. The van der Waals surface area contributed by atoms with E-state index < -0.39 is 0 Å². The van der Waals surface area contributed by atoms with E-state index in [4.69, 9.17) is 9.47 Å². The van der Waals surface area contributed by atoms with Gasteiger partial charge in [-0.25, -0.2) is 14.6 Å². The van der Waals surface area contributed by atoms with Gasteiger partial charge in [0.25, 0.3) is 5.95 Å². The third-order valence-electron chi connectivity index (χ3n) is 5.58. The lowest BCUT2D eigenvalue weighted by Crippen LogP contribution is -2.28. The van der Waals surface area contributed by atoms with Gasteiger partial charge in [0.05, 0.1) is 31.9 Å². The number of carbonyl (C=O) groups is 1. The molecule has 1 aromatic carbocycles. The van der Waals surface area contributed by atoms with Crippen molar-refractivity contribution in [2.24, 2.45) is 5.92 Å². The smallest absolute Gasteiger partial charge is 0.251 e. The molecule has 1 N–H and O–H groups in total. The van der Waals surface area contributed by atoms with E-state index in [1.165, 1.54) is 0 Å². The molecule has 2 heterocycles. The van der Waals surface area contributed by atoms with E-state index in [9.17, 15) is 4.79 Å². The summed E-state index contributed by atoms with van der Waals surface area (Å²) in [7, 11) is 1.62. The monoisotopic (exact) mass is 465 g/mol. The second kappa shape index (κ2) is 10.7. The standard InChI is InChI=1S/C26H35N5O3/c1-15(2)14-34-23-10-9-21(12-24(23)33-8)18(5)29-25(32)13-22-19(6)30-31(20(22)7)26-27-16(3)11-17(4)28-26/h9-12,15,18H,13-14H2,1-8H3,(H,29,32). The first kappa shape index (κ1) is 25.2. The van der Waals surface area contributed by atoms with Crippen LogP contribution in [0.1, 0.15) is 60.7 Å². The molecule has 0 aliphatic rings. The van der Waals surface area contributed by atoms with Crippen LogP contribution in [0.3, 0.4) is 0 Å². The Kier molecular flexibility index (Phi) is 7.91. The van der Waals surface area contributed by atoms with Crippen LogP contribution in [0.15, 0.2) is 24.3 Å². The molecule has 0 spiro atoms. The average molecular weight is 466 g/mol. The van der Waals surface area contributed by atoms with E-state index in [-0.39, 0.29) is 18.4 Å². The van der Waals surface area contributed by atoms with E-state index >= 15 is 0 Å². The summed E-state index contributed by atoms with van der Waals surface area (Å²) in [5, 5.41) is 7.68. The van der Waals surface area contributed by atoms with Gasteiger partial charge in [0.15, 0.2) is 11.5 Å². The first-order chi connectivity index (χ1) is 16.1. The van der Waals surface area contributed by atoms with Gasteiger partial charge in [-0.2, -0.15) is 5.10 Å². The number of aromatic nitrogens is 4. The fourth-order valence-corrected chi connectivity index (χ4v) is 3.79. The quantitative estimate of drug-likeness (QED) is 0.505. The molecule has 0 bridgehead atoms. The number of nitrogens with zero attached hydrogens (tertiary/aromatic N) is 4. The van der Waals surface area contributed by atoms with Gasteiger partial charge >= 0.3 is 0 Å². The first-order valence-corrected chi connectivity index (χ1v) is 11.6. The molecule has 3 aromatic rings. The Morgan fingerprint density at radius 2 is 1.71 bits per heavy atom. The SMILES string of the molecule is COc1cc(C(C)NC(=O)Cc2c(C)nn(-c3nc(C)cc(C)n3)c2C)ccc1OCC(C)C. The van der Waals surface area contributed by atoms with Crippen molar-refractivity contribution in [1.29, 1.82) is 0 Å². The normalized spacial score (nSPS) is 12.0. The lowest BCUT2D eigenvalue weighted by atomic mass is 10.1. The maximum atomic E-state index is 12.9. The highest BCUT2D eigenvalue weighted by Gasteiger charge is 2.19. The number of carbonyl (C=O) groups excluding carboxylic acids is 1. The van der Waals surface area contributed by atoms with Crippen molar-refractivity contribution >= 4 is 5.91 Å². The zero-order chi connectivity index (χ0) is 25.0. The van der Waals surface area contributed by atoms with Gasteiger partial charge in [-0.15, -0.1) is 0 Å². The van der Waals surface area contributed by atoms with Gasteiger partial charge < -0.3 is 14.8 Å². The van der Waals surface area contributed by atoms with Crippen LogP contribution < -0.4 is 14.8 Å². The van der Waals surface area contributed by atoms with Crippen molar-refractivity contribution in [2.75, 3.05) is 13.7 Å². The lowest BCUT2D eigenvalue weighted by Gasteiger charge is -2.18. The fraction of sp³-hybridized carbons (Fsp3) is 0.462. The molecule has 3 rings (SSSR count). The van der Waals surface area contributed by atoms with E-state index in [0.29, 0.717) is 30.0 Å². The molecule has 0 aliphatic heterocycles. The molecule has 1 atom stereocenters. The number of methoxy groups -OCH3 is 1. The topological polar surface area (TPSA) is 91.2 Å². The van der Waals surface area contributed by atoms with Crippen molar-refractivity contribution < 1.29 is 14.3 Å². The highest BCUT2D eigenvalue weighted by atomic mass is 16.5. The van der Waals surface area contributed by atoms with Crippen molar-refractivity contribution in [3.63, 3.8) is 0 Å². The molecule has 8 heteroatoms. The predicted octanol–water partition coefficient (Wildman–Crippen LogP) is 4.36. The minimum Gasteiger partial charge on any atom is -0.493 e. The van der Waals surface area contributed by atoms with Crippen LogP contribution >= 0.6 is 0 Å². The van der Waals surface area contributed by atoms with Gasteiger partial charge in [-0.1, -0.05) is 19.9 Å². The molecule has 34 heavy (non-hydrogen) atoms. The minimum absolute atomic E-state index is 0.0845. The number of aryl methyl sites for hydroxylation is 3. The van der Waals surface area contributed by atoms with Gasteiger partial charge in [0, 0.05) is 22.6 Å². The molecule has 0 saturated heterocycles. The van der Waals surface area contributed by atoms with Gasteiger partial charge in [-0.3, -0.25) is 4.79 Å². The third-order valence-corrected chi connectivity index (χ3v) is 5.58. The second-order valence-corrected chi connectivity index (χ2v) is 9.09. The van der Waals surface area contributed by atoms with Gasteiger partial charge in [-0.05, 0) is 64.3 Å². The van der Waals surface area contributed by atoms with Crippen LogP contribution in [0, 0.1) is 33.6 Å². The van der Waals surface area contributed by atoms with Crippen LogP contribution in [-0.4, -0.2) is 39.4 Å². The summed E-state index contributed by atoms with van der Waals surface area (Å²) < 4.78 is 13.0. The molecule has 1 unspecified atom stereocenters. The van der Waals surface area contributed by atoms with Crippen molar-refractivity contribution in [1.82, 2.24) is 25.1 Å². The molecule has 2 aromatic heterocycles. The Labute approximate surface area is 201 Å². The van der Waals surface area contributed by atoms with Gasteiger partial charge in [0.2, 0.25) is 5.91 Å². The average Bonchev–Trinajstić information content (AvgIpc) is 3.05. The molecular weight excluding hydrogens is 430 g/mol. The summed E-state index contributed by atoms with van der Waals surface area (Å²) >= 11 is 0. The fourth-order valence-electron chi connectivity index (χ4n) is 3.79. The molecule has 0 saturated carbocycles. The highest BCUT2D eigenvalue weighted by molar-refractivity contribution is 5.79. The maximum Gasteiger partial charge on any atom is 0.251 e. The number of rotatable bonds is 9. The van der Waals surface area contributed by atoms with Crippen molar-refractivity contribution in [2.45, 2.75) is 60.9 Å². The van der Waals surface area contributed by atoms with Crippen molar-refractivity contribution in [3.05, 3.63) is 58.2 Å². The first-order valence-electron chi connectivity index (χ1n) is 11.6. The van der Waals surface area contributed by atoms with Crippen LogP contribution in [0.5, 0.6) is 11.5 Å². The predicted molar refractivity (Wildman–Crippen MR) is 132 cm³/mol. The second-order valence-electron chi connectivity index (χ2n) is 9.09. The largest absolute Gasteiger partial charge is 0.493 e. The number of hydrogen-bond acceptors (Lipinski definition) is 6. The van der Waals surface area contributed by atoms with Crippen LogP contribution in [-0.2, 0) is 11.2 Å². The molecule has 0 aliphatic carbocycles. The van der Waals surface area contributed by atoms with E-state index in [0.717, 1.165) is 33.9 Å². The van der Waals surface area contributed by atoms with E-state index in [2.05, 4.69) is 34.2 Å². The number of nitrogens with one attached hydrogen (secondary N) is 1. The number of benzene rings is 1. The highest BCUT2D eigenvalue weighted by Crippen LogP contribution is 2.30. The van der Waals surface area contributed by atoms with Crippen molar-refractivity contribution in [3.8, 4) is 17.4 Å².